The minimum atomic E-state index is -0.238. The minimum absolute atomic E-state index is 0.190. The maximum atomic E-state index is 12.8. The summed E-state index contributed by atoms with van der Waals surface area (Å²) in [6.45, 7) is 8.06. The normalized spacial score (nSPS) is 24.8. The number of carbonyl (C=O) groups is 1. The second kappa shape index (κ2) is 8.33. The van der Waals surface area contributed by atoms with E-state index < -0.39 is 0 Å². The lowest BCUT2D eigenvalue weighted by molar-refractivity contribution is -0.133. The third-order valence-electron chi connectivity index (χ3n) is 5.77. The van der Waals surface area contributed by atoms with Crippen LogP contribution >= 0.6 is 0 Å². The number of hydrogen-bond acceptors (Lipinski definition) is 3. The molecule has 2 aliphatic heterocycles. The summed E-state index contributed by atoms with van der Waals surface area (Å²) in [5.74, 6) is 0.220. The Morgan fingerprint density at radius 1 is 1.32 bits per heavy atom. The largest absolute Gasteiger partial charge is 0.378 e. The van der Waals surface area contributed by atoms with Gasteiger partial charge in [0.05, 0.1) is 6.10 Å². The van der Waals surface area contributed by atoms with E-state index >= 15 is 0 Å². The predicted molar refractivity (Wildman–Crippen MR) is 100 cm³/mol. The molecule has 2 saturated heterocycles. The maximum Gasteiger partial charge on any atom is 0.226 e. The Balaban J connectivity index is 1.45. The van der Waals surface area contributed by atoms with Crippen molar-refractivity contribution in [1.82, 2.24) is 10.2 Å². The highest BCUT2D eigenvalue weighted by molar-refractivity contribution is 5.82. The summed E-state index contributed by atoms with van der Waals surface area (Å²) in [6.07, 6.45) is 5.40. The molecule has 0 aliphatic carbocycles. The van der Waals surface area contributed by atoms with Crippen LogP contribution in [0.25, 0.3) is 0 Å². The van der Waals surface area contributed by atoms with Crippen molar-refractivity contribution >= 4 is 5.91 Å². The van der Waals surface area contributed by atoms with E-state index in [2.05, 4.69) is 54.4 Å². The Morgan fingerprint density at radius 3 is 2.68 bits per heavy atom. The van der Waals surface area contributed by atoms with Gasteiger partial charge in [-0.3, -0.25) is 9.69 Å². The monoisotopic (exact) mass is 344 g/mol. The first-order chi connectivity index (χ1) is 12.0. The quantitative estimate of drug-likeness (QED) is 0.860. The van der Waals surface area contributed by atoms with Crippen LogP contribution in [0.3, 0.4) is 0 Å². The zero-order valence-electron chi connectivity index (χ0n) is 15.7. The molecule has 1 aromatic rings. The lowest BCUT2D eigenvalue weighted by Crippen LogP contribution is -2.49. The lowest BCUT2D eigenvalue weighted by Gasteiger charge is -2.39. The number of rotatable bonds is 6. The van der Waals surface area contributed by atoms with E-state index in [1.807, 2.05) is 0 Å². The van der Waals surface area contributed by atoms with Gasteiger partial charge in [0.25, 0.3) is 0 Å². The first-order valence-corrected chi connectivity index (χ1v) is 9.74. The average Bonchev–Trinajstić information content (AvgIpc) is 3.11. The molecular formula is C21H32N2O2. The lowest BCUT2D eigenvalue weighted by atomic mass is 9.79. The van der Waals surface area contributed by atoms with E-state index in [4.69, 9.17) is 4.74 Å². The number of nitrogens with one attached hydrogen (secondary N) is 1. The molecule has 25 heavy (non-hydrogen) atoms. The van der Waals surface area contributed by atoms with Gasteiger partial charge in [-0.2, -0.15) is 0 Å². The molecule has 1 N–H and O–H groups in total. The fraction of sp³-hybridized carbons (Fsp3) is 0.667. The number of carbonyl (C=O) groups excluding carboxylic acids is 1. The Labute approximate surface area is 151 Å². The predicted octanol–water partition coefficient (Wildman–Crippen LogP) is 3.36. The molecule has 138 valence electrons. The maximum absolute atomic E-state index is 12.8. The molecule has 4 nitrogen and oxygen atoms in total. The smallest absolute Gasteiger partial charge is 0.226 e. The van der Waals surface area contributed by atoms with Crippen LogP contribution in [-0.4, -0.2) is 42.6 Å². The Hall–Kier alpha value is -1.39. The Kier molecular flexibility index (Phi) is 6.13. The van der Waals surface area contributed by atoms with E-state index in [0.29, 0.717) is 6.10 Å². The fourth-order valence-electron chi connectivity index (χ4n) is 3.95. The molecule has 0 radical (unpaired) electrons. The van der Waals surface area contributed by atoms with Crippen molar-refractivity contribution in [3.63, 3.8) is 0 Å². The number of ether oxygens (including phenoxy) is 1. The van der Waals surface area contributed by atoms with Crippen LogP contribution in [0.1, 0.15) is 51.5 Å². The summed E-state index contributed by atoms with van der Waals surface area (Å²) in [5.41, 5.74) is 1.11. The van der Waals surface area contributed by atoms with Crippen LogP contribution in [0.5, 0.6) is 0 Å². The van der Waals surface area contributed by atoms with Crippen LogP contribution in [0, 0.1) is 5.41 Å². The van der Waals surface area contributed by atoms with Gasteiger partial charge in [-0.1, -0.05) is 37.3 Å². The van der Waals surface area contributed by atoms with Crippen LogP contribution < -0.4 is 5.32 Å². The van der Waals surface area contributed by atoms with Crippen LogP contribution in [0.15, 0.2) is 30.3 Å². The molecule has 0 unspecified atom stereocenters. The minimum Gasteiger partial charge on any atom is -0.378 e. The van der Waals surface area contributed by atoms with Gasteiger partial charge in [0.1, 0.15) is 0 Å². The van der Waals surface area contributed by atoms with Crippen molar-refractivity contribution in [2.45, 2.75) is 64.6 Å². The topological polar surface area (TPSA) is 41.6 Å². The molecule has 2 aliphatic rings. The number of piperidine rings is 1. The third-order valence-corrected chi connectivity index (χ3v) is 5.77. The van der Waals surface area contributed by atoms with Crippen molar-refractivity contribution < 1.29 is 9.53 Å². The van der Waals surface area contributed by atoms with Gasteiger partial charge in [0.2, 0.25) is 5.91 Å². The molecule has 0 spiro atoms. The molecule has 0 saturated carbocycles. The molecule has 2 atom stereocenters. The first kappa shape index (κ1) is 18.4. The molecule has 4 heteroatoms. The van der Waals surface area contributed by atoms with Crippen LogP contribution in [-0.2, 0) is 16.1 Å². The van der Waals surface area contributed by atoms with E-state index in [0.717, 1.165) is 58.3 Å². The van der Waals surface area contributed by atoms with E-state index in [1.165, 1.54) is 5.56 Å². The Bertz CT molecular complexity index is 546. The third kappa shape index (κ3) is 5.05. The van der Waals surface area contributed by atoms with Crippen molar-refractivity contribution in [3.8, 4) is 0 Å². The van der Waals surface area contributed by atoms with Gasteiger partial charge in [-0.05, 0) is 57.7 Å². The first-order valence-electron chi connectivity index (χ1n) is 9.74. The van der Waals surface area contributed by atoms with E-state index in [9.17, 15) is 4.79 Å². The average molecular weight is 344 g/mol. The highest BCUT2D eigenvalue weighted by atomic mass is 16.5. The fourth-order valence-corrected chi connectivity index (χ4v) is 3.95. The van der Waals surface area contributed by atoms with Crippen LogP contribution in [0.4, 0.5) is 0 Å². The van der Waals surface area contributed by atoms with Gasteiger partial charge in [0, 0.05) is 24.6 Å². The summed E-state index contributed by atoms with van der Waals surface area (Å²) in [6, 6.07) is 10.8. The number of benzene rings is 1. The van der Waals surface area contributed by atoms with Gasteiger partial charge in [-0.15, -0.1) is 0 Å². The Morgan fingerprint density at radius 2 is 2.04 bits per heavy atom. The summed E-state index contributed by atoms with van der Waals surface area (Å²) in [7, 11) is 0. The summed E-state index contributed by atoms with van der Waals surface area (Å²) < 4.78 is 5.69. The molecule has 1 amide bonds. The van der Waals surface area contributed by atoms with Crippen molar-refractivity contribution in [2.75, 3.05) is 19.7 Å². The van der Waals surface area contributed by atoms with E-state index in [1.54, 1.807) is 0 Å². The second-order valence-electron chi connectivity index (χ2n) is 8.07. The number of likely N-dealkylation sites (tertiary alicyclic amines) is 1. The number of nitrogens with zero attached hydrogens (tertiary/aromatic N) is 1. The summed E-state index contributed by atoms with van der Waals surface area (Å²) in [5, 5.41) is 3.24. The molecule has 2 heterocycles. The molecular weight excluding hydrogens is 312 g/mol. The van der Waals surface area contributed by atoms with Gasteiger partial charge >= 0.3 is 0 Å². The molecule has 2 fully saturated rings. The molecule has 0 bridgehead atoms. The molecule has 3 rings (SSSR count). The van der Waals surface area contributed by atoms with Gasteiger partial charge < -0.3 is 10.1 Å². The SMILES string of the molecule is C[C@@H](C[C@H]1CCCO1)NC(=O)C1(C)CCN(Cc2ccccc2)CC1. The zero-order valence-corrected chi connectivity index (χ0v) is 15.7. The highest BCUT2D eigenvalue weighted by Crippen LogP contribution is 2.32. The molecule has 0 aromatic heterocycles. The summed E-state index contributed by atoms with van der Waals surface area (Å²) >= 11 is 0. The van der Waals surface area contributed by atoms with Gasteiger partial charge in [0.15, 0.2) is 0 Å². The van der Waals surface area contributed by atoms with Crippen LogP contribution in [0.2, 0.25) is 0 Å². The van der Waals surface area contributed by atoms with Crippen molar-refractivity contribution in [2.24, 2.45) is 5.41 Å². The highest BCUT2D eigenvalue weighted by Gasteiger charge is 2.37. The van der Waals surface area contributed by atoms with Crippen molar-refractivity contribution in [1.29, 1.82) is 0 Å². The number of hydrogen-bond donors (Lipinski definition) is 1. The van der Waals surface area contributed by atoms with Crippen molar-refractivity contribution in [3.05, 3.63) is 35.9 Å². The van der Waals surface area contributed by atoms with E-state index in [-0.39, 0.29) is 17.4 Å². The number of amides is 1. The standard InChI is InChI=1S/C21H32N2O2/c1-17(15-19-9-6-14-25-19)22-20(24)21(2)10-12-23(13-11-21)16-18-7-4-3-5-8-18/h3-5,7-8,17,19H,6,9-16H2,1-2H3,(H,22,24)/t17-,19+/m0/s1. The molecule has 1 aromatic carbocycles. The summed E-state index contributed by atoms with van der Waals surface area (Å²) in [4.78, 5) is 15.3. The van der Waals surface area contributed by atoms with Gasteiger partial charge in [-0.25, -0.2) is 0 Å². The second-order valence-corrected chi connectivity index (χ2v) is 8.07. The zero-order chi connectivity index (χ0) is 17.7.